The summed E-state index contributed by atoms with van der Waals surface area (Å²) in [5.41, 5.74) is 7.23. The Bertz CT molecular complexity index is 632. The Labute approximate surface area is 120 Å². The second kappa shape index (κ2) is 5.96. The van der Waals surface area contributed by atoms with E-state index in [1.807, 2.05) is 6.07 Å². The van der Waals surface area contributed by atoms with E-state index >= 15 is 0 Å². The number of halogens is 2. The fourth-order valence-corrected chi connectivity index (χ4v) is 2.88. The van der Waals surface area contributed by atoms with Gasteiger partial charge in [-0.05, 0) is 29.8 Å². The van der Waals surface area contributed by atoms with Crippen LogP contribution in [0, 0.1) is 17.1 Å². The number of rotatable bonds is 3. The Kier molecular flexibility index (Phi) is 4.31. The van der Waals surface area contributed by atoms with Crippen molar-refractivity contribution in [1.82, 2.24) is 0 Å². The predicted octanol–water partition coefficient (Wildman–Crippen LogP) is 4.23. The Hall–Kier alpha value is -1.70. The van der Waals surface area contributed by atoms with E-state index in [2.05, 4.69) is 0 Å². The van der Waals surface area contributed by atoms with Gasteiger partial charge in [0, 0.05) is 16.3 Å². The highest BCUT2D eigenvalue weighted by atomic mass is 35.5. The van der Waals surface area contributed by atoms with E-state index in [1.54, 1.807) is 30.3 Å². The standard InChI is InChI=1S/C14H10ClFN2S/c15-11-2-1-3-13(18)14(11)19-8-10-5-4-9(7-17)6-12(10)16/h1-6H,8,18H2. The molecule has 96 valence electrons. The third-order valence-electron chi connectivity index (χ3n) is 2.55. The summed E-state index contributed by atoms with van der Waals surface area (Å²) in [6.07, 6.45) is 0. The highest BCUT2D eigenvalue weighted by Crippen LogP contribution is 2.34. The Balaban J connectivity index is 2.17. The van der Waals surface area contributed by atoms with Crippen molar-refractivity contribution in [2.75, 3.05) is 5.73 Å². The summed E-state index contributed by atoms with van der Waals surface area (Å²) in [5, 5.41) is 9.23. The molecule has 0 aliphatic rings. The number of hydrogen-bond donors (Lipinski definition) is 1. The third kappa shape index (κ3) is 3.19. The van der Waals surface area contributed by atoms with Crippen LogP contribution in [0.15, 0.2) is 41.3 Å². The van der Waals surface area contributed by atoms with Crippen molar-refractivity contribution in [3.8, 4) is 6.07 Å². The Morgan fingerprint density at radius 1 is 1.32 bits per heavy atom. The van der Waals surface area contributed by atoms with Gasteiger partial charge in [0.25, 0.3) is 0 Å². The molecule has 2 rings (SSSR count). The summed E-state index contributed by atoms with van der Waals surface area (Å²) < 4.78 is 13.7. The Morgan fingerprint density at radius 3 is 2.74 bits per heavy atom. The molecule has 0 saturated carbocycles. The molecule has 2 aromatic carbocycles. The quantitative estimate of drug-likeness (QED) is 0.680. The van der Waals surface area contributed by atoms with E-state index in [-0.39, 0.29) is 0 Å². The zero-order valence-electron chi connectivity index (χ0n) is 9.86. The van der Waals surface area contributed by atoms with Gasteiger partial charge in [0.15, 0.2) is 0 Å². The van der Waals surface area contributed by atoms with Crippen molar-refractivity contribution >= 4 is 29.1 Å². The van der Waals surface area contributed by atoms with Crippen LogP contribution in [-0.4, -0.2) is 0 Å². The SMILES string of the molecule is N#Cc1ccc(CSc2c(N)cccc2Cl)c(F)c1. The van der Waals surface area contributed by atoms with Crippen LogP contribution in [0.5, 0.6) is 0 Å². The van der Waals surface area contributed by atoms with Crippen molar-refractivity contribution in [2.24, 2.45) is 0 Å². The van der Waals surface area contributed by atoms with Gasteiger partial charge in [-0.3, -0.25) is 0 Å². The van der Waals surface area contributed by atoms with E-state index < -0.39 is 5.82 Å². The van der Waals surface area contributed by atoms with Crippen molar-refractivity contribution in [3.63, 3.8) is 0 Å². The normalized spacial score (nSPS) is 10.2. The van der Waals surface area contributed by atoms with Gasteiger partial charge in [0.05, 0.1) is 16.7 Å². The monoisotopic (exact) mass is 292 g/mol. The van der Waals surface area contributed by atoms with Gasteiger partial charge >= 0.3 is 0 Å². The maximum Gasteiger partial charge on any atom is 0.128 e. The number of nitriles is 1. The molecular formula is C14H10ClFN2S. The van der Waals surface area contributed by atoms with E-state index in [9.17, 15) is 4.39 Å². The lowest BCUT2D eigenvalue weighted by Gasteiger charge is -2.08. The number of hydrogen-bond acceptors (Lipinski definition) is 3. The molecule has 0 bridgehead atoms. The number of nitrogens with two attached hydrogens (primary N) is 1. The number of nitrogens with zero attached hydrogens (tertiary/aromatic N) is 1. The molecule has 0 saturated heterocycles. The molecule has 2 nitrogen and oxygen atoms in total. The molecule has 0 aliphatic heterocycles. The maximum atomic E-state index is 13.7. The minimum Gasteiger partial charge on any atom is -0.398 e. The van der Waals surface area contributed by atoms with Crippen molar-refractivity contribution < 1.29 is 4.39 Å². The van der Waals surface area contributed by atoms with E-state index in [1.165, 1.54) is 17.8 Å². The molecular weight excluding hydrogens is 283 g/mol. The number of benzene rings is 2. The predicted molar refractivity (Wildman–Crippen MR) is 76.5 cm³/mol. The van der Waals surface area contributed by atoms with E-state index in [0.29, 0.717) is 27.6 Å². The number of thioether (sulfide) groups is 1. The molecule has 0 unspecified atom stereocenters. The van der Waals surface area contributed by atoms with E-state index in [0.717, 1.165) is 4.90 Å². The summed E-state index contributed by atoms with van der Waals surface area (Å²) >= 11 is 7.42. The molecule has 19 heavy (non-hydrogen) atoms. The smallest absolute Gasteiger partial charge is 0.128 e. The molecule has 5 heteroatoms. The van der Waals surface area contributed by atoms with Gasteiger partial charge < -0.3 is 5.73 Å². The molecule has 0 spiro atoms. The highest BCUT2D eigenvalue weighted by molar-refractivity contribution is 7.98. The Morgan fingerprint density at radius 2 is 2.11 bits per heavy atom. The first-order chi connectivity index (χ1) is 9.11. The molecule has 0 aromatic heterocycles. The zero-order valence-corrected chi connectivity index (χ0v) is 11.4. The summed E-state index contributed by atoms with van der Waals surface area (Å²) in [6, 6.07) is 11.6. The molecule has 0 atom stereocenters. The van der Waals surface area contributed by atoms with Gasteiger partial charge in [0.1, 0.15) is 5.82 Å². The first kappa shape index (κ1) is 13.7. The second-order valence-corrected chi connectivity index (χ2v) is 5.26. The van der Waals surface area contributed by atoms with E-state index in [4.69, 9.17) is 22.6 Å². The fourth-order valence-electron chi connectivity index (χ4n) is 1.56. The third-order valence-corrected chi connectivity index (χ3v) is 4.18. The van der Waals surface area contributed by atoms with Gasteiger partial charge in [-0.1, -0.05) is 23.7 Å². The number of nitrogen functional groups attached to an aromatic ring is 1. The molecule has 0 aliphatic carbocycles. The van der Waals surface area contributed by atoms with Crippen molar-refractivity contribution in [3.05, 3.63) is 58.4 Å². The van der Waals surface area contributed by atoms with Crippen LogP contribution in [0.1, 0.15) is 11.1 Å². The van der Waals surface area contributed by atoms with Crippen LogP contribution in [0.2, 0.25) is 5.02 Å². The second-order valence-electron chi connectivity index (χ2n) is 3.86. The summed E-state index contributed by atoms with van der Waals surface area (Å²) in [6.45, 7) is 0. The minimum atomic E-state index is -0.392. The largest absolute Gasteiger partial charge is 0.398 e. The van der Waals surface area contributed by atoms with Crippen LogP contribution in [0.25, 0.3) is 0 Å². The molecule has 0 heterocycles. The lowest BCUT2D eigenvalue weighted by molar-refractivity contribution is 0.617. The van der Waals surface area contributed by atoms with Gasteiger partial charge in [0.2, 0.25) is 0 Å². The summed E-state index contributed by atoms with van der Waals surface area (Å²) in [5.74, 6) is 0.0167. The van der Waals surface area contributed by atoms with Crippen LogP contribution in [-0.2, 0) is 5.75 Å². The molecule has 2 N–H and O–H groups in total. The summed E-state index contributed by atoms with van der Waals surface area (Å²) in [4.78, 5) is 0.743. The van der Waals surface area contributed by atoms with Crippen LogP contribution < -0.4 is 5.73 Å². The van der Waals surface area contributed by atoms with Gasteiger partial charge in [-0.25, -0.2) is 4.39 Å². The van der Waals surface area contributed by atoms with Gasteiger partial charge in [-0.15, -0.1) is 11.8 Å². The van der Waals surface area contributed by atoms with Crippen LogP contribution >= 0.6 is 23.4 Å². The first-order valence-corrected chi connectivity index (χ1v) is 6.83. The fraction of sp³-hybridized carbons (Fsp3) is 0.0714. The lowest BCUT2D eigenvalue weighted by atomic mass is 10.1. The molecule has 2 aromatic rings. The first-order valence-electron chi connectivity index (χ1n) is 5.47. The average molecular weight is 293 g/mol. The average Bonchev–Trinajstić information content (AvgIpc) is 2.39. The van der Waals surface area contributed by atoms with Crippen molar-refractivity contribution in [1.29, 1.82) is 5.26 Å². The topological polar surface area (TPSA) is 49.8 Å². The minimum absolute atomic E-state index is 0.309. The van der Waals surface area contributed by atoms with Crippen molar-refractivity contribution in [2.45, 2.75) is 10.6 Å². The zero-order chi connectivity index (χ0) is 13.8. The lowest BCUT2D eigenvalue weighted by Crippen LogP contribution is -1.92. The summed E-state index contributed by atoms with van der Waals surface area (Å²) in [7, 11) is 0. The number of anilines is 1. The molecule has 0 fully saturated rings. The molecule has 0 radical (unpaired) electrons. The van der Waals surface area contributed by atoms with Crippen LogP contribution in [0.4, 0.5) is 10.1 Å². The highest BCUT2D eigenvalue weighted by Gasteiger charge is 2.08. The van der Waals surface area contributed by atoms with Gasteiger partial charge in [-0.2, -0.15) is 5.26 Å². The molecule has 0 amide bonds. The van der Waals surface area contributed by atoms with Crippen LogP contribution in [0.3, 0.4) is 0 Å². The maximum absolute atomic E-state index is 13.7.